The fourth-order valence-electron chi connectivity index (χ4n) is 1.33. The van der Waals surface area contributed by atoms with E-state index in [0.717, 1.165) is 13.0 Å². The standard InChI is InChI=1S/C15H30O/c1-13(2)10-8-9-11-15(6,7)12-16-14(3,4)5/h8,10,13H,9,11-12H2,1-7H3/b10-8+. The molecule has 0 atom stereocenters. The average molecular weight is 226 g/mol. The van der Waals surface area contributed by atoms with E-state index in [4.69, 9.17) is 4.74 Å². The Morgan fingerprint density at radius 2 is 1.62 bits per heavy atom. The van der Waals surface area contributed by atoms with Crippen LogP contribution in [0.15, 0.2) is 12.2 Å². The van der Waals surface area contributed by atoms with Gasteiger partial charge in [-0.2, -0.15) is 0 Å². The highest BCUT2D eigenvalue weighted by molar-refractivity contribution is 4.86. The molecule has 16 heavy (non-hydrogen) atoms. The van der Waals surface area contributed by atoms with Crippen molar-refractivity contribution in [2.24, 2.45) is 11.3 Å². The Hall–Kier alpha value is -0.300. The van der Waals surface area contributed by atoms with Gasteiger partial charge in [0.05, 0.1) is 12.2 Å². The van der Waals surface area contributed by atoms with Crippen LogP contribution in [0, 0.1) is 11.3 Å². The summed E-state index contributed by atoms with van der Waals surface area (Å²) < 4.78 is 5.85. The van der Waals surface area contributed by atoms with Gasteiger partial charge in [-0.15, -0.1) is 0 Å². The molecule has 0 aliphatic heterocycles. The SMILES string of the molecule is CC(C)/C=C/CCC(C)(C)COC(C)(C)C. The minimum Gasteiger partial charge on any atom is -0.375 e. The first kappa shape index (κ1) is 15.7. The molecule has 0 aromatic heterocycles. The number of ether oxygens (including phenoxy) is 1. The Balaban J connectivity index is 3.87. The van der Waals surface area contributed by atoms with Gasteiger partial charge >= 0.3 is 0 Å². The van der Waals surface area contributed by atoms with Gasteiger partial charge < -0.3 is 4.74 Å². The van der Waals surface area contributed by atoms with Crippen molar-refractivity contribution in [3.63, 3.8) is 0 Å². The summed E-state index contributed by atoms with van der Waals surface area (Å²) in [7, 11) is 0. The van der Waals surface area contributed by atoms with Crippen LogP contribution in [-0.2, 0) is 4.74 Å². The Labute approximate surface area is 102 Å². The van der Waals surface area contributed by atoms with Crippen molar-refractivity contribution in [1.29, 1.82) is 0 Å². The van der Waals surface area contributed by atoms with Crippen LogP contribution in [-0.4, -0.2) is 12.2 Å². The van der Waals surface area contributed by atoms with Gasteiger partial charge in [-0.25, -0.2) is 0 Å². The lowest BCUT2D eigenvalue weighted by Gasteiger charge is -2.29. The summed E-state index contributed by atoms with van der Waals surface area (Å²) in [5.41, 5.74) is 0.250. The first-order valence-corrected chi connectivity index (χ1v) is 6.43. The van der Waals surface area contributed by atoms with Crippen LogP contribution >= 0.6 is 0 Å². The van der Waals surface area contributed by atoms with Gasteiger partial charge in [0.1, 0.15) is 0 Å². The van der Waals surface area contributed by atoms with Crippen molar-refractivity contribution in [3.8, 4) is 0 Å². The zero-order valence-electron chi connectivity index (χ0n) is 12.3. The molecule has 0 aromatic carbocycles. The predicted molar refractivity (Wildman–Crippen MR) is 72.7 cm³/mol. The maximum atomic E-state index is 5.85. The molecule has 1 nitrogen and oxygen atoms in total. The average Bonchev–Trinajstić information content (AvgIpc) is 2.08. The molecule has 0 heterocycles. The molecule has 0 aliphatic carbocycles. The van der Waals surface area contributed by atoms with Crippen LogP contribution in [0.4, 0.5) is 0 Å². The van der Waals surface area contributed by atoms with Gasteiger partial charge in [0, 0.05) is 0 Å². The molecular weight excluding hydrogens is 196 g/mol. The normalized spacial score (nSPS) is 14.0. The fourth-order valence-corrected chi connectivity index (χ4v) is 1.33. The number of hydrogen-bond donors (Lipinski definition) is 0. The van der Waals surface area contributed by atoms with Crippen LogP contribution in [0.1, 0.15) is 61.3 Å². The van der Waals surface area contributed by atoms with E-state index in [1.807, 2.05) is 0 Å². The quantitative estimate of drug-likeness (QED) is 0.590. The zero-order valence-corrected chi connectivity index (χ0v) is 12.3. The summed E-state index contributed by atoms with van der Waals surface area (Å²) in [6.07, 6.45) is 6.91. The molecule has 1 heteroatoms. The van der Waals surface area contributed by atoms with E-state index in [1.54, 1.807) is 0 Å². The minimum atomic E-state index is -0.0228. The lowest BCUT2D eigenvalue weighted by atomic mass is 9.88. The molecule has 0 bridgehead atoms. The number of allylic oxidation sites excluding steroid dienone is 2. The van der Waals surface area contributed by atoms with Crippen LogP contribution < -0.4 is 0 Å². The van der Waals surface area contributed by atoms with E-state index in [2.05, 4.69) is 60.6 Å². The second-order valence-electron chi connectivity index (χ2n) is 6.78. The summed E-state index contributed by atoms with van der Waals surface area (Å²) in [5, 5.41) is 0. The van der Waals surface area contributed by atoms with E-state index in [1.165, 1.54) is 6.42 Å². The highest BCUT2D eigenvalue weighted by Gasteiger charge is 2.21. The van der Waals surface area contributed by atoms with Crippen LogP contribution in [0.25, 0.3) is 0 Å². The summed E-state index contributed by atoms with van der Waals surface area (Å²) in [6.45, 7) is 16.2. The first-order chi connectivity index (χ1) is 7.12. The van der Waals surface area contributed by atoms with Crippen LogP contribution in [0.2, 0.25) is 0 Å². The molecule has 0 spiro atoms. The molecule has 0 saturated carbocycles. The van der Waals surface area contributed by atoms with Crippen molar-refractivity contribution >= 4 is 0 Å². The third kappa shape index (κ3) is 10.2. The maximum Gasteiger partial charge on any atom is 0.0598 e. The summed E-state index contributed by atoms with van der Waals surface area (Å²) in [6, 6.07) is 0. The van der Waals surface area contributed by atoms with Crippen molar-refractivity contribution < 1.29 is 4.74 Å². The van der Waals surface area contributed by atoms with Crippen molar-refractivity contribution in [2.75, 3.05) is 6.61 Å². The molecule has 0 amide bonds. The Bertz CT molecular complexity index is 206. The number of hydrogen-bond acceptors (Lipinski definition) is 1. The minimum absolute atomic E-state index is 0.0228. The molecule has 0 fully saturated rings. The topological polar surface area (TPSA) is 9.23 Å². The largest absolute Gasteiger partial charge is 0.375 e. The second kappa shape index (κ2) is 6.44. The lowest BCUT2D eigenvalue weighted by Crippen LogP contribution is -2.28. The Morgan fingerprint density at radius 1 is 1.06 bits per heavy atom. The van der Waals surface area contributed by atoms with Gasteiger partial charge in [-0.1, -0.05) is 39.8 Å². The summed E-state index contributed by atoms with van der Waals surface area (Å²) in [5.74, 6) is 0.661. The molecule has 0 aromatic rings. The van der Waals surface area contributed by atoms with E-state index in [9.17, 15) is 0 Å². The van der Waals surface area contributed by atoms with E-state index >= 15 is 0 Å². The Morgan fingerprint density at radius 3 is 2.06 bits per heavy atom. The molecule has 96 valence electrons. The van der Waals surface area contributed by atoms with Crippen LogP contribution in [0.3, 0.4) is 0 Å². The molecule has 0 N–H and O–H groups in total. The molecule has 0 radical (unpaired) electrons. The van der Waals surface area contributed by atoms with Gasteiger partial charge in [-0.05, 0) is 44.9 Å². The number of rotatable bonds is 6. The Kier molecular flexibility index (Phi) is 6.32. The third-order valence-electron chi connectivity index (χ3n) is 2.40. The molecular formula is C15H30O. The fraction of sp³-hybridized carbons (Fsp3) is 0.867. The molecule has 0 unspecified atom stereocenters. The van der Waals surface area contributed by atoms with Crippen molar-refractivity contribution in [1.82, 2.24) is 0 Å². The van der Waals surface area contributed by atoms with Gasteiger partial charge in [-0.3, -0.25) is 0 Å². The molecule has 0 aliphatic rings. The maximum absolute atomic E-state index is 5.85. The lowest BCUT2D eigenvalue weighted by molar-refractivity contribution is -0.0446. The summed E-state index contributed by atoms with van der Waals surface area (Å²) >= 11 is 0. The first-order valence-electron chi connectivity index (χ1n) is 6.43. The summed E-state index contributed by atoms with van der Waals surface area (Å²) in [4.78, 5) is 0. The van der Waals surface area contributed by atoms with Gasteiger partial charge in [0.25, 0.3) is 0 Å². The van der Waals surface area contributed by atoms with Gasteiger partial charge in [0.2, 0.25) is 0 Å². The second-order valence-corrected chi connectivity index (χ2v) is 6.78. The third-order valence-corrected chi connectivity index (χ3v) is 2.40. The zero-order chi connectivity index (χ0) is 12.8. The van der Waals surface area contributed by atoms with Crippen LogP contribution in [0.5, 0.6) is 0 Å². The van der Waals surface area contributed by atoms with E-state index in [-0.39, 0.29) is 11.0 Å². The van der Waals surface area contributed by atoms with E-state index in [0.29, 0.717) is 5.92 Å². The predicted octanol–water partition coefficient (Wildman–Crippen LogP) is 4.82. The molecule has 0 saturated heterocycles. The highest BCUT2D eigenvalue weighted by atomic mass is 16.5. The highest BCUT2D eigenvalue weighted by Crippen LogP contribution is 2.25. The monoisotopic (exact) mass is 226 g/mol. The molecule has 0 rings (SSSR count). The van der Waals surface area contributed by atoms with Crippen molar-refractivity contribution in [2.45, 2.75) is 66.9 Å². The van der Waals surface area contributed by atoms with E-state index < -0.39 is 0 Å². The smallest absolute Gasteiger partial charge is 0.0598 e. The van der Waals surface area contributed by atoms with Gasteiger partial charge in [0.15, 0.2) is 0 Å². The van der Waals surface area contributed by atoms with Crippen molar-refractivity contribution in [3.05, 3.63) is 12.2 Å².